The Morgan fingerprint density at radius 1 is 1.26 bits per heavy atom. The summed E-state index contributed by atoms with van der Waals surface area (Å²) in [5.74, 6) is 0.317. The van der Waals surface area contributed by atoms with Crippen LogP contribution in [0, 0.1) is 0 Å². The van der Waals surface area contributed by atoms with E-state index in [0.29, 0.717) is 30.2 Å². The number of aromatic amines is 1. The lowest BCUT2D eigenvalue weighted by atomic mass is 10.2. The Bertz CT molecular complexity index is 623. The second-order valence-electron chi connectivity index (χ2n) is 4.91. The lowest BCUT2D eigenvalue weighted by molar-refractivity contribution is 0.0500. The molecule has 122 valence electrons. The summed E-state index contributed by atoms with van der Waals surface area (Å²) in [6.07, 6.45) is 5.13. The van der Waals surface area contributed by atoms with Gasteiger partial charge in [-0.25, -0.2) is 14.6 Å². The Morgan fingerprint density at radius 3 is 2.70 bits per heavy atom. The van der Waals surface area contributed by atoms with Crippen molar-refractivity contribution >= 4 is 17.7 Å². The number of nitrogens with zero attached hydrogens (tertiary/aromatic N) is 1. The van der Waals surface area contributed by atoms with Crippen molar-refractivity contribution in [3.63, 3.8) is 0 Å². The fourth-order valence-electron chi connectivity index (χ4n) is 1.82. The van der Waals surface area contributed by atoms with Crippen molar-refractivity contribution in [3.8, 4) is 0 Å². The molecule has 0 saturated carbocycles. The van der Waals surface area contributed by atoms with E-state index in [0.717, 1.165) is 12.8 Å². The number of esters is 1. The summed E-state index contributed by atoms with van der Waals surface area (Å²) in [5, 5.41) is 5.35. The molecule has 2 amide bonds. The van der Waals surface area contributed by atoms with Gasteiger partial charge in [-0.3, -0.25) is 0 Å². The highest BCUT2D eigenvalue weighted by Crippen LogP contribution is 2.10. The van der Waals surface area contributed by atoms with Gasteiger partial charge in [0.1, 0.15) is 5.82 Å². The van der Waals surface area contributed by atoms with E-state index in [1.54, 1.807) is 36.7 Å². The largest absolute Gasteiger partial charge is 0.462 e. The normalized spacial score (nSPS) is 10.1. The number of urea groups is 1. The number of hydrogen-bond acceptors (Lipinski definition) is 4. The number of benzene rings is 1. The highest BCUT2D eigenvalue weighted by Gasteiger charge is 2.07. The molecule has 7 heteroatoms. The van der Waals surface area contributed by atoms with Crippen molar-refractivity contribution in [3.05, 3.63) is 48.0 Å². The van der Waals surface area contributed by atoms with Crippen molar-refractivity contribution in [1.29, 1.82) is 0 Å². The van der Waals surface area contributed by atoms with E-state index in [1.165, 1.54) is 0 Å². The topological polar surface area (TPSA) is 96.1 Å². The summed E-state index contributed by atoms with van der Waals surface area (Å²) < 4.78 is 5.12. The van der Waals surface area contributed by atoms with Crippen LogP contribution < -0.4 is 10.6 Å². The molecule has 23 heavy (non-hydrogen) atoms. The smallest absolute Gasteiger partial charge is 0.338 e. The molecular weight excluding hydrogens is 296 g/mol. The second kappa shape index (κ2) is 8.57. The number of amides is 2. The standard InChI is InChI=1S/C16H20N4O3/c1-2-3-10-23-15(21)12-4-6-13(7-5-12)20-16(22)19-11-14-17-8-9-18-14/h4-9H,2-3,10-11H2,1H3,(H,17,18)(H2,19,20,22). The number of H-pyrrole nitrogens is 1. The fraction of sp³-hybridized carbons (Fsp3) is 0.312. The first-order valence-electron chi connectivity index (χ1n) is 7.49. The lowest BCUT2D eigenvalue weighted by Crippen LogP contribution is -2.28. The first-order chi connectivity index (χ1) is 11.2. The summed E-state index contributed by atoms with van der Waals surface area (Å²) >= 11 is 0. The Kier molecular flexibility index (Phi) is 6.17. The van der Waals surface area contributed by atoms with Crippen molar-refractivity contribution in [2.24, 2.45) is 0 Å². The van der Waals surface area contributed by atoms with Crippen molar-refractivity contribution < 1.29 is 14.3 Å². The number of rotatable bonds is 7. The van der Waals surface area contributed by atoms with Crippen LogP contribution in [0.2, 0.25) is 0 Å². The number of nitrogens with one attached hydrogen (secondary N) is 3. The molecule has 1 aromatic heterocycles. The molecule has 0 saturated heterocycles. The van der Waals surface area contributed by atoms with Crippen LogP contribution in [0.5, 0.6) is 0 Å². The highest BCUT2D eigenvalue weighted by atomic mass is 16.5. The third-order valence-corrected chi connectivity index (χ3v) is 3.08. The van der Waals surface area contributed by atoms with Gasteiger partial charge in [0, 0.05) is 18.1 Å². The molecule has 7 nitrogen and oxygen atoms in total. The zero-order valence-electron chi connectivity index (χ0n) is 13.0. The van der Waals surface area contributed by atoms with Gasteiger partial charge in [0.15, 0.2) is 0 Å². The van der Waals surface area contributed by atoms with Gasteiger partial charge >= 0.3 is 12.0 Å². The van der Waals surface area contributed by atoms with Crippen molar-refractivity contribution in [2.45, 2.75) is 26.3 Å². The molecule has 0 fully saturated rings. The summed E-state index contributed by atoms with van der Waals surface area (Å²) in [6.45, 7) is 2.76. The van der Waals surface area contributed by atoms with E-state index in [1.807, 2.05) is 6.92 Å². The maximum atomic E-state index is 11.8. The molecule has 0 aliphatic heterocycles. The zero-order valence-corrected chi connectivity index (χ0v) is 13.0. The first kappa shape index (κ1) is 16.5. The minimum Gasteiger partial charge on any atom is -0.462 e. The Morgan fingerprint density at radius 2 is 2.04 bits per heavy atom. The van der Waals surface area contributed by atoms with E-state index in [9.17, 15) is 9.59 Å². The number of anilines is 1. The number of carbonyl (C=O) groups is 2. The molecule has 0 bridgehead atoms. The van der Waals surface area contributed by atoms with Gasteiger partial charge in [0.05, 0.1) is 18.7 Å². The Labute approximate surface area is 134 Å². The van der Waals surface area contributed by atoms with Crippen LogP contribution in [0.3, 0.4) is 0 Å². The predicted molar refractivity (Wildman–Crippen MR) is 86.1 cm³/mol. The Hall–Kier alpha value is -2.83. The van der Waals surface area contributed by atoms with Gasteiger partial charge in [0.25, 0.3) is 0 Å². The summed E-state index contributed by atoms with van der Waals surface area (Å²) in [5.41, 5.74) is 1.05. The lowest BCUT2D eigenvalue weighted by Gasteiger charge is -2.08. The van der Waals surface area contributed by atoms with Gasteiger partial charge in [-0.2, -0.15) is 0 Å². The van der Waals surface area contributed by atoms with Gasteiger partial charge in [-0.05, 0) is 30.7 Å². The van der Waals surface area contributed by atoms with Crippen LogP contribution in [0.1, 0.15) is 35.9 Å². The number of carbonyl (C=O) groups excluding carboxylic acids is 2. The summed E-state index contributed by atoms with van der Waals surface area (Å²) in [4.78, 5) is 30.4. The van der Waals surface area contributed by atoms with E-state index in [2.05, 4.69) is 20.6 Å². The van der Waals surface area contributed by atoms with Crippen LogP contribution in [0.25, 0.3) is 0 Å². The third-order valence-electron chi connectivity index (χ3n) is 3.08. The van der Waals surface area contributed by atoms with Crippen molar-refractivity contribution in [1.82, 2.24) is 15.3 Å². The second-order valence-corrected chi connectivity index (χ2v) is 4.91. The first-order valence-corrected chi connectivity index (χ1v) is 7.49. The molecule has 0 radical (unpaired) electrons. The van der Waals surface area contributed by atoms with Gasteiger partial charge in [0.2, 0.25) is 0 Å². The van der Waals surface area contributed by atoms with Crippen LogP contribution in [0.4, 0.5) is 10.5 Å². The monoisotopic (exact) mass is 316 g/mol. The zero-order chi connectivity index (χ0) is 16.5. The highest BCUT2D eigenvalue weighted by molar-refractivity contribution is 5.92. The predicted octanol–water partition coefficient (Wildman–Crippen LogP) is 2.69. The third kappa shape index (κ3) is 5.46. The number of ether oxygens (including phenoxy) is 1. The van der Waals surface area contributed by atoms with Crippen molar-refractivity contribution in [2.75, 3.05) is 11.9 Å². The maximum Gasteiger partial charge on any atom is 0.338 e. The van der Waals surface area contributed by atoms with E-state index in [-0.39, 0.29) is 12.0 Å². The van der Waals surface area contributed by atoms with Crippen LogP contribution >= 0.6 is 0 Å². The minimum absolute atomic E-state index is 0.306. The van der Waals surface area contributed by atoms with Crippen LogP contribution in [0.15, 0.2) is 36.7 Å². The van der Waals surface area contributed by atoms with Gasteiger partial charge in [-0.15, -0.1) is 0 Å². The minimum atomic E-state index is -0.354. The summed E-state index contributed by atoms with van der Waals surface area (Å²) in [6, 6.07) is 6.21. The SMILES string of the molecule is CCCCOC(=O)c1ccc(NC(=O)NCc2ncc[nH]2)cc1. The molecule has 1 heterocycles. The molecule has 0 unspecified atom stereocenters. The van der Waals surface area contributed by atoms with Crippen LogP contribution in [-0.4, -0.2) is 28.6 Å². The number of unbranched alkanes of at least 4 members (excludes halogenated alkanes) is 1. The molecule has 0 aliphatic carbocycles. The molecular formula is C16H20N4O3. The maximum absolute atomic E-state index is 11.8. The average molecular weight is 316 g/mol. The average Bonchev–Trinajstić information content (AvgIpc) is 3.07. The molecule has 0 atom stereocenters. The molecule has 0 spiro atoms. The summed E-state index contributed by atoms with van der Waals surface area (Å²) in [7, 11) is 0. The number of hydrogen-bond donors (Lipinski definition) is 3. The van der Waals surface area contributed by atoms with Crippen LogP contribution in [-0.2, 0) is 11.3 Å². The Balaban J connectivity index is 1.79. The molecule has 2 rings (SSSR count). The quantitative estimate of drug-likeness (QED) is 0.540. The number of aromatic nitrogens is 2. The van der Waals surface area contributed by atoms with E-state index >= 15 is 0 Å². The fourth-order valence-corrected chi connectivity index (χ4v) is 1.82. The van der Waals surface area contributed by atoms with Gasteiger partial charge in [-0.1, -0.05) is 13.3 Å². The molecule has 2 aromatic rings. The number of imidazole rings is 1. The van der Waals surface area contributed by atoms with E-state index in [4.69, 9.17) is 4.74 Å². The molecule has 3 N–H and O–H groups in total. The van der Waals surface area contributed by atoms with Gasteiger partial charge < -0.3 is 20.4 Å². The van der Waals surface area contributed by atoms with E-state index < -0.39 is 0 Å². The molecule has 0 aliphatic rings. The molecule has 1 aromatic carbocycles.